The molecule has 0 saturated carbocycles. The second kappa shape index (κ2) is 6.47. The van der Waals surface area contributed by atoms with Crippen molar-refractivity contribution in [2.45, 2.75) is 18.6 Å². The lowest BCUT2D eigenvalue weighted by atomic mass is 10.0. The van der Waals surface area contributed by atoms with Gasteiger partial charge in [-0.3, -0.25) is 0 Å². The quantitative estimate of drug-likeness (QED) is 0.689. The van der Waals surface area contributed by atoms with E-state index >= 15 is 0 Å². The second-order valence-electron chi connectivity index (χ2n) is 4.55. The van der Waals surface area contributed by atoms with Crippen molar-refractivity contribution in [1.82, 2.24) is 0 Å². The summed E-state index contributed by atoms with van der Waals surface area (Å²) >= 11 is 3.14. The number of rotatable bonds is 4. The van der Waals surface area contributed by atoms with Gasteiger partial charge in [0.05, 0.1) is 12.5 Å². The van der Waals surface area contributed by atoms with E-state index in [1.807, 2.05) is 0 Å². The largest absolute Gasteiger partial charge is 0.391 e. The molecule has 0 radical (unpaired) electrons. The Morgan fingerprint density at radius 3 is 2.29 bits per heavy atom. The van der Waals surface area contributed by atoms with Crippen LogP contribution in [0.15, 0.2) is 53.0 Å². The first kappa shape index (κ1) is 15.8. The van der Waals surface area contributed by atoms with E-state index in [9.17, 15) is 17.6 Å². The Morgan fingerprint density at radius 1 is 1.05 bits per heavy atom. The second-order valence-corrected chi connectivity index (χ2v) is 5.41. The number of hydrogen-bond acceptors (Lipinski definition) is 1. The maximum absolute atomic E-state index is 13.0. The predicted octanol–water partition coefficient (Wildman–Crippen LogP) is 5.69. The molecule has 1 N–H and O–H groups in total. The third-order valence-corrected chi connectivity index (χ3v) is 3.55. The monoisotopic (exact) mass is 361 g/mol. The van der Waals surface area contributed by atoms with Crippen molar-refractivity contribution in [3.63, 3.8) is 0 Å². The third kappa shape index (κ3) is 4.74. The van der Waals surface area contributed by atoms with Crippen LogP contribution >= 0.6 is 15.9 Å². The summed E-state index contributed by atoms with van der Waals surface area (Å²) in [5, 5.41) is 2.81. The van der Waals surface area contributed by atoms with E-state index in [1.54, 1.807) is 30.3 Å². The molecule has 0 bridgehead atoms. The van der Waals surface area contributed by atoms with E-state index in [0.717, 1.165) is 0 Å². The highest BCUT2D eigenvalue weighted by Crippen LogP contribution is 2.34. The van der Waals surface area contributed by atoms with Gasteiger partial charge in [-0.2, -0.15) is 13.2 Å². The molecular weight excluding hydrogens is 350 g/mol. The Morgan fingerprint density at radius 2 is 1.71 bits per heavy atom. The van der Waals surface area contributed by atoms with Crippen molar-refractivity contribution in [2.75, 3.05) is 5.32 Å². The molecule has 1 nitrogen and oxygen atoms in total. The van der Waals surface area contributed by atoms with Gasteiger partial charge in [-0.25, -0.2) is 4.39 Å². The average molecular weight is 362 g/mol. The first-order valence-electron chi connectivity index (χ1n) is 6.18. The lowest BCUT2D eigenvalue weighted by Crippen LogP contribution is -2.20. The first-order chi connectivity index (χ1) is 9.85. The van der Waals surface area contributed by atoms with Crippen molar-refractivity contribution in [3.05, 3.63) is 64.4 Å². The first-order valence-corrected chi connectivity index (χ1v) is 6.98. The summed E-state index contributed by atoms with van der Waals surface area (Å²) in [7, 11) is 0. The minimum atomic E-state index is -4.31. The van der Waals surface area contributed by atoms with Gasteiger partial charge in [-0.1, -0.05) is 30.3 Å². The van der Waals surface area contributed by atoms with Gasteiger partial charge in [0.15, 0.2) is 0 Å². The molecule has 1 unspecified atom stereocenters. The van der Waals surface area contributed by atoms with Gasteiger partial charge < -0.3 is 5.32 Å². The number of benzene rings is 2. The van der Waals surface area contributed by atoms with Crippen LogP contribution in [-0.4, -0.2) is 6.18 Å². The van der Waals surface area contributed by atoms with Crippen molar-refractivity contribution >= 4 is 21.6 Å². The van der Waals surface area contributed by atoms with Crippen LogP contribution in [-0.2, 0) is 0 Å². The molecule has 0 aliphatic heterocycles. The highest BCUT2D eigenvalue weighted by atomic mass is 79.9. The van der Waals surface area contributed by atoms with Crippen LogP contribution in [0.3, 0.4) is 0 Å². The predicted molar refractivity (Wildman–Crippen MR) is 77.6 cm³/mol. The molecule has 1 atom stereocenters. The maximum Gasteiger partial charge on any atom is 0.391 e. The van der Waals surface area contributed by atoms with Crippen LogP contribution in [0.25, 0.3) is 0 Å². The molecule has 0 spiro atoms. The molecule has 0 aromatic heterocycles. The molecule has 0 aliphatic carbocycles. The zero-order valence-corrected chi connectivity index (χ0v) is 12.4. The lowest BCUT2D eigenvalue weighted by Gasteiger charge is -2.22. The van der Waals surface area contributed by atoms with Crippen molar-refractivity contribution in [2.24, 2.45) is 0 Å². The topological polar surface area (TPSA) is 12.0 Å². The zero-order valence-electron chi connectivity index (χ0n) is 10.8. The van der Waals surface area contributed by atoms with Crippen molar-refractivity contribution in [1.29, 1.82) is 0 Å². The molecule has 0 amide bonds. The summed E-state index contributed by atoms with van der Waals surface area (Å²) in [6.07, 6.45) is -5.32. The Bertz CT molecular complexity index is 598. The van der Waals surface area contributed by atoms with Crippen LogP contribution in [0.2, 0.25) is 0 Å². The van der Waals surface area contributed by atoms with Gasteiger partial charge in [0, 0.05) is 10.2 Å². The number of halogens is 5. The lowest BCUT2D eigenvalue weighted by molar-refractivity contribution is -0.137. The molecule has 2 aromatic rings. The molecule has 0 fully saturated rings. The Balaban J connectivity index is 2.28. The molecule has 0 saturated heterocycles. The third-order valence-electron chi connectivity index (χ3n) is 2.90. The fourth-order valence-corrected chi connectivity index (χ4v) is 2.43. The molecule has 2 rings (SSSR count). The standard InChI is InChI=1S/C15H12BrF4N/c16-12-8-11(17)6-7-13(12)21-14(9-15(18,19)20)10-4-2-1-3-5-10/h1-8,14,21H,9H2. The summed E-state index contributed by atoms with van der Waals surface area (Å²) in [6, 6.07) is 11.2. The van der Waals surface area contributed by atoms with E-state index in [1.165, 1.54) is 18.2 Å². The normalized spacial score (nSPS) is 13.0. The van der Waals surface area contributed by atoms with Crippen LogP contribution < -0.4 is 5.32 Å². The maximum atomic E-state index is 13.0. The molecule has 2 aromatic carbocycles. The van der Waals surface area contributed by atoms with E-state index in [0.29, 0.717) is 15.7 Å². The zero-order chi connectivity index (χ0) is 15.5. The van der Waals surface area contributed by atoms with Crippen LogP contribution in [0.1, 0.15) is 18.0 Å². The number of alkyl halides is 3. The molecule has 21 heavy (non-hydrogen) atoms. The van der Waals surface area contributed by atoms with Gasteiger partial charge in [-0.15, -0.1) is 0 Å². The number of hydrogen-bond donors (Lipinski definition) is 1. The Labute approximate surface area is 128 Å². The molecule has 6 heteroatoms. The minimum absolute atomic E-state index is 0.380. The minimum Gasteiger partial charge on any atom is -0.377 e. The summed E-state index contributed by atoms with van der Waals surface area (Å²) in [5.74, 6) is -0.459. The van der Waals surface area contributed by atoms with E-state index in [2.05, 4.69) is 21.2 Å². The van der Waals surface area contributed by atoms with Crippen LogP contribution in [0.4, 0.5) is 23.2 Å². The Kier molecular flexibility index (Phi) is 4.88. The summed E-state index contributed by atoms with van der Waals surface area (Å²) < 4.78 is 51.7. The van der Waals surface area contributed by atoms with Gasteiger partial charge in [0.2, 0.25) is 0 Å². The van der Waals surface area contributed by atoms with Gasteiger partial charge in [0.1, 0.15) is 5.82 Å². The van der Waals surface area contributed by atoms with Crippen LogP contribution in [0, 0.1) is 5.82 Å². The molecule has 0 aliphatic rings. The summed E-state index contributed by atoms with van der Waals surface area (Å²) in [4.78, 5) is 0. The summed E-state index contributed by atoms with van der Waals surface area (Å²) in [5.41, 5.74) is 0.931. The fraction of sp³-hybridized carbons (Fsp3) is 0.200. The fourth-order valence-electron chi connectivity index (χ4n) is 1.96. The van der Waals surface area contributed by atoms with E-state index in [-0.39, 0.29) is 0 Å². The van der Waals surface area contributed by atoms with Gasteiger partial charge in [-0.05, 0) is 39.7 Å². The Hall–Kier alpha value is -1.56. The van der Waals surface area contributed by atoms with Gasteiger partial charge in [0.25, 0.3) is 0 Å². The van der Waals surface area contributed by atoms with Crippen LogP contribution in [0.5, 0.6) is 0 Å². The number of anilines is 1. The average Bonchev–Trinajstić information content (AvgIpc) is 2.40. The molecule has 112 valence electrons. The highest BCUT2D eigenvalue weighted by Gasteiger charge is 2.32. The smallest absolute Gasteiger partial charge is 0.377 e. The van der Waals surface area contributed by atoms with Crippen molar-refractivity contribution < 1.29 is 17.6 Å². The SMILES string of the molecule is Fc1ccc(NC(CC(F)(F)F)c2ccccc2)c(Br)c1. The van der Waals surface area contributed by atoms with Crippen molar-refractivity contribution in [3.8, 4) is 0 Å². The van der Waals surface area contributed by atoms with E-state index < -0.39 is 24.5 Å². The number of nitrogens with one attached hydrogen (secondary N) is 1. The summed E-state index contributed by atoms with van der Waals surface area (Å²) in [6.45, 7) is 0. The van der Waals surface area contributed by atoms with E-state index in [4.69, 9.17) is 0 Å². The highest BCUT2D eigenvalue weighted by molar-refractivity contribution is 9.10. The van der Waals surface area contributed by atoms with Gasteiger partial charge >= 0.3 is 6.18 Å². The molecule has 0 heterocycles. The molecular formula is C15H12BrF4N.